The molecule has 22 heavy (non-hydrogen) atoms. The van der Waals surface area contributed by atoms with Crippen LogP contribution in [0.2, 0.25) is 0 Å². The maximum Gasteiger partial charge on any atom is 0.274 e. The first-order valence-corrected chi connectivity index (χ1v) is 6.93. The summed E-state index contributed by atoms with van der Waals surface area (Å²) in [5.41, 5.74) is 1.87. The first kappa shape index (κ1) is 13.9. The van der Waals surface area contributed by atoms with Crippen molar-refractivity contribution in [2.75, 3.05) is 0 Å². The third-order valence-electron chi connectivity index (χ3n) is 3.19. The fourth-order valence-electron chi connectivity index (χ4n) is 2.03. The lowest BCUT2D eigenvalue weighted by Crippen LogP contribution is -2.27. The molecule has 2 aromatic heterocycles. The van der Waals surface area contributed by atoms with Gasteiger partial charge in [0.05, 0.1) is 23.6 Å². The molecule has 6 heteroatoms. The van der Waals surface area contributed by atoms with Crippen LogP contribution in [0.1, 0.15) is 29.1 Å². The molecule has 0 bridgehead atoms. The number of nitrogens with one attached hydrogen (secondary N) is 1. The van der Waals surface area contributed by atoms with Crippen LogP contribution in [0.5, 0.6) is 0 Å². The highest BCUT2D eigenvalue weighted by Gasteiger charge is 2.15. The Morgan fingerprint density at radius 1 is 1.14 bits per heavy atom. The molecule has 0 fully saturated rings. The smallest absolute Gasteiger partial charge is 0.274 e. The van der Waals surface area contributed by atoms with Crippen molar-refractivity contribution in [1.29, 1.82) is 0 Å². The van der Waals surface area contributed by atoms with E-state index in [1.165, 1.54) is 11.0 Å². The third-order valence-corrected chi connectivity index (χ3v) is 3.19. The average molecular weight is 293 g/mol. The number of benzene rings is 1. The Balaban J connectivity index is 1.72. The van der Waals surface area contributed by atoms with Crippen LogP contribution in [0.4, 0.5) is 0 Å². The average Bonchev–Trinajstić information content (AvgIpc) is 3.06. The zero-order chi connectivity index (χ0) is 15.4. The molecule has 0 spiro atoms. The maximum atomic E-state index is 12.2. The largest absolute Gasteiger partial charge is 0.342 e. The molecule has 0 saturated carbocycles. The number of pyridine rings is 1. The Bertz CT molecular complexity index is 754. The van der Waals surface area contributed by atoms with Gasteiger partial charge in [-0.25, -0.2) is 0 Å². The molecular weight excluding hydrogens is 278 g/mol. The van der Waals surface area contributed by atoms with Crippen LogP contribution < -0.4 is 5.32 Å². The topological polar surface area (TPSA) is 72.7 Å². The highest BCUT2D eigenvalue weighted by atomic mass is 16.2. The van der Waals surface area contributed by atoms with Gasteiger partial charge in [-0.2, -0.15) is 9.90 Å². The molecule has 0 radical (unpaired) electrons. The quantitative estimate of drug-likeness (QED) is 0.800. The SMILES string of the molecule is CC(NC(=O)c1cnn(-c2ccccc2)n1)c1ccccn1. The van der Waals surface area contributed by atoms with Crippen molar-refractivity contribution in [2.24, 2.45) is 0 Å². The van der Waals surface area contributed by atoms with Gasteiger partial charge < -0.3 is 5.32 Å². The van der Waals surface area contributed by atoms with Crippen LogP contribution in [-0.2, 0) is 0 Å². The van der Waals surface area contributed by atoms with Crippen LogP contribution in [0.25, 0.3) is 5.69 Å². The minimum Gasteiger partial charge on any atom is -0.342 e. The Morgan fingerprint density at radius 3 is 2.64 bits per heavy atom. The van der Waals surface area contributed by atoms with Gasteiger partial charge in [-0.1, -0.05) is 24.3 Å². The van der Waals surface area contributed by atoms with E-state index in [9.17, 15) is 4.79 Å². The Kier molecular flexibility index (Phi) is 3.91. The van der Waals surface area contributed by atoms with E-state index in [2.05, 4.69) is 20.5 Å². The third kappa shape index (κ3) is 3.01. The summed E-state index contributed by atoms with van der Waals surface area (Å²) in [6.45, 7) is 1.88. The number of hydrogen-bond donors (Lipinski definition) is 1. The van der Waals surface area contributed by atoms with Crippen LogP contribution in [0.3, 0.4) is 0 Å². The standard InChI is InChI=1S/C16H15N5O/c1-12(14-9-5-6-10-17-14)19-16(22)15-11-18-21(20-15)13-7-3-2-4-8-13/h2-12H,1H3,(H,19,22). The monoisotopic (exact) mass is 293 g/mol. The molecular formula is C16H15N5O. The highest BCUT2D eigenvalue weighted by Crippen LogP contribution is 2.09. The van der Waals surface area contributed by atoms with Gasteiger partial charge in [-0.3, -0.25) is 9.78 Å². The van der Waals surface area contributed by atoms with Crippen molar-refractivity contribution >= 4 is 5.91 Å². The van der Waals surface area contributed by atoms with Gasteiger partial charge in [0.15, 0.2) is 5.69 Å². The van der Waals surface area contributed by atoms with Crippen molar-refractivity contribution in [3.8, 4) is 5.69 Å². The van der Waals surface area contributed by atoms with Crippen molar-refractivity contribution in [3.63, 3.8) is 0 Å². The second-order valence-corrected chi connectivity index (χ2v) is 4.80. The molecule has 110 valence electrons. The Hall–Kier alpha value is -3.02. The highest BCUT2D eigenvalue weighted by molar-refractivity contribution is 5.92. The van der Waals surface area contributed by atoms with Gasteiger partial charge in [0.25, 0.3) is 5.91 Å². The van der Waals surface area contributed by atoms with E-state index < -0.39 is 0 Å². The molecule has 2 heterocycles. The van der Waals surface area contributed by atoms with Crippen LogP contribution >= 0.6 is 0 Å². The van der Waals surface area contributed by atoms with E-state index in [0.717, 1.165) is 11.4 Å². The first-order valence-electron chi connectivity index (χ1n) is 6.93. The minimum atomic E-state index is -0.277. The van der Waals surface area contributed by atoms with Gasteiger partial charge in [0, 0.05) is 6.20 Å². The predicted molar refractivity (Wildman–Crippen MR) is 81.5 cm³/mol. The van der Waals surface area contributed by atoms with Gasteiger partial charge in [0.2, 0.25) is 0 Å². The maximum absolute atomic E-state index is 12.2. The molecule has 1 N–H and O–H groups in total. The number of amides is 1. The van der Waals surface area contributed by atoms with Gasteiger partial charge in [-0.15, -0.1) is 5.10 Å². The molecule has 1 aromatic carbocycles. The Labute approximate surface area is 127 Å². The van der Waals surface area contributed by atoms with E-state index in [1.54, 1.807) is 6.20 Å². The van der Waals surface area contributed by atoms with Crippen molar-refractivity contribution < 1.29 is 4.79 Å². The van der Waals surface area contributed by atoms with Crippen molar-refractivity contribution in [3.05, 3.63) is 72.3 Å². The summed E-state index contributed by atoms with van der Waals surface area (Å²) in [7, 11) is 0. The van der Waals surface area contributed by atoms with Crippen LogP contribution in [0, 0.1) is 0 Å². The lowest BCUT2D eigenvalue weighted by Gasteiger charge is -2.11. The summed E-state index contributed by atoms with van der Waals surface area (Å²) in [6.07, 6.45) is 3.15. The predicted octanol–water partition coefficient (Wildman–Crippen LogP) is 2.15. The van der Waals surface area contributed by atoms with E-state index in [-0.39, 0.29) is 17.6 Å². The molecule has 1 atom stereocenters. The first-order chi connectivity index (χ1) is 10.7. The summed E-state index contributed by atoms with van der Waals surface area (Å²) in [4.78, 5) is 17.9. The second kappa shape index (κ2) is 6.17. The summed E-state index contributed by atoms with van der Waals surface area (Å²) >= 11 is 0. The summed E-state index contributed by atoms with van der Waals surface area (Å²) in [5, 5.41) is 11.2. The van der Waals surface area contributed by atoms with E-state index in [1.807, 2.05) is 55.5 Å². The summed E-state index contributed by atoms with van der Waals surface area (Å²) in [6, 6.07) is 14.8. The molecule has 0 aliphatic carbocycles. The molecule has 6 nitrogen and oxygen atoms in total. The lowest BCUT2D eigenvalue weighted by molar-refractivity contribution is 0.0933. The van der Waals surface area contributed by atoms with Gasteiger partial charge in [0.1, 0.15) is 0 Å². The second-order valence-electron chi connectivity index (χ2n) is 4.80. The van der Waals surface area contributed by atoms with E-state index in [0.29, 0.717) is 0 Å². The fraction of sp³-hybridized carbons (Fsp3) is 0.125. The molecule has 1 amide bonds. The van der Waals surface area contributed by atoms with Crippen molar-refractivity contribution in [1.82, 2.24) is 25.3 Å². The fourth-order valence-corrected chi connectivity index (χ4v) is 2.03. The molecule has 3 aromatic rings. The molecule has 3 rings (SSSR count). The number of rotatable bonds is 4. The molecule has 0 aliphatic heterocycles. The number of carbonyl (C=O) groups is 1. The zero-order valence-corrected chi connectivity index (χ0v) is 12.0. The van der Waals surface area contributed by atoms with Crippen LogP contribution in [0.15, 0.2) is 60.9 Å². The number of nitrogens with zero attached hydrogens (tertiary/aromatic N) is 4. The number of carbonyl (C=O) groups excluding carboxylic acids is 1. The van der Waals surface area contributed by atoms with Crippen molar-refractivity contribution in [2.45, 2.75) is 13.0 Å². The summed E-state index contributed by atoms with van der Waals surface area (Å²) in [5.74, 6) is -0.277. The van der Waals surface area contributed by atoms with Gasteiger partial charge in [-0.05, 0) is 31.2 Å². The number of aromatic nitrogens is 4. The lowest BCUT2D eigenvalue weighted by atomic mass is 10.2. The molecule has 1 unspecified atom stereocenters. The molecule has 0 aliphatic rings. The summed E-state index contributed by atoms with van der Waals surface area (Å²) < 4.78 is 0. The number of para-hydroxylation sites is 1. The normalized spacial score (nSPS) is 11.9. The molecule has 0 saturated heterocycles. The zero-order valence-electron chi connectivity index (χ0n) is 12.0. The minimum absolute atomic E-state index is 0.199. The Morgan fingerprint density at radius 2 is 1.91 bits per heavy atom. The van der Waals surface area contributed by atoms with Crippen LogP contribution in [-0.4, -0.2) is 25.9 Å². The van der Waals surface area contributed by atoms with Gasteiger partial charge >= 0.3 is 0 Å². The number of hydrogen-bond acceptors (Lipinski definition) is 4. The van der Waals surface area contributed by atoms with E-state index in [4.69, 9.17) is 0 Å². The van der Waals surface area contributed by atoms with E-state index >= 15 is 0 Å².